The fraction of sp³-hybridized carbons (Fsp3) is 0.278. The van der Waals surface area contributed by atoms with Gasteiger partial charge >= 0.3 is 5.69 Å². The van der Waals surface area contributed by atoms with Crippen LogP contribution in [0.3, 0.4) is 0 Å². The Hall–Kier alpha value is -3.21. The van der Waals surface area contributed by atoms with Gasteiger partial charge in [-0.15, -0.1) is 11.3 Å². The first kappa shape index (κ1) is 17.9. The second kappa shape index (κ2) is 6.14. The predicted octanol–water partition coefficient (Wildman–Crippen LogP) is 2.61. The Kier molecular flexibility index (Phi) is 3.78. The van der Waals surface area contributed by atoms with Gasteiger partial charge < -0.3 is 4.98 Å². The molecule has 0 aromatic carbocycles. The summed E-state index contributed by atoms with van der Waals surface area (Å²) in [6.45, 7) is 0.861. The number of halogens is 2. The Morgan fingerprint density at radius 1 is 1.28 bits per heavy atom. The zero-order valence-electron chi connectivity index (χ0n) is 15.0. The SMILES string of the molecule is CC(F)(F)c1cnc([C@H]2C[C@@H]2c2cc(-c3c[nH]c(=O)[nH]c3=O)nn3ccnc23)s1. The van der Waals surface area contributed by atoms with Crippen molar-refractivity contribution in [2.24, 2.45) is 0 Å². The molecule has 0 amide bonds. The molecular formula is C18H14F2N6O2S. The first-order chi connectivity index (χ1) is 13.8. The number of imidazole rings is 1. The largest absolute Gasteiger partial charge is 0.325 e. The lowest BCUT2D eigenvalue weighted by molar-refractivity contribution is 0.0213. The third-order valence-electron chi connectivity index (χ3n) is 4.95. The highest BCUT2D eigenvalue weighted by molar-refractivity contribution is 7.11. The first-order valence-electron chi connectivity index (χ1n) is 8.82. The van der Waals surface area contributed by atoms with Crippen molar-refractivity contribution < 1.29 is 8.78 Å². The molecule has 0 saturated heterocycles. The summed E-state index contributed by atoms with van der Waals surface area (Å²) in [7, 11) is 0. The number of nitrogens with zero attached hydrogens (tertiary/aromatic N) is 4. The van der Waals surface area contributed by atoms with Crippen molar-refractivity contribution in [3.05, 3.63) is 67.1 Å². The van der Waals surface area contributed by atoms with Crippen LogP contribution in [0.2, 0.25) is 0 Å². The van der Waals surface area contributed by atoms with Crippen molar-refractivity contribution in [2.75, 3.05) is 0 Å². The average Bonchev–Trinajstić information content (AvgIpc) is 3.06. The summed E-state index contributed by atoms with van der Waals surface area (Å²) < 4.78 is 28.6. The monoisotopic (exact) mass is 416 g/mol. The van der Waals surface area contributed by atoms with Crippen molar-refractivity contribution in [1.29, 1.82) is 0 Å². The summed E-state index contributed by atoms with van der Waals surface area (Å²) in [5, 5.41) is 5.06. The molecule has 1 aliphatic carbocycles. The maximum atomic E-state index is 13.5. The first-order valence-corrected chi connectivity index (χ1v) is 9.63. The molecule has 0 bridgehead atoms. The molecule has 1 fully saturated rings. The third kappa shape index (κ3) is 3.07. The van der Waals surface area contributed by atoms with Gasteiger partial charge in [0.1, 0.15) is 0 Å². The van der Waals surface area contributed by atoms with Gasteiger partial charge in [-0.3, -0.25) is 9.78 Å². The summed E-state index contributed by atoms with van der Waals surface area (Å²) in [5.41, 5.74) is 0.954. The molecule has 1 saturated carbocycles. The standard InChI is InChI=1S/C18H14F2N6O2S/c1-18(19,20)13-7-22-16(29-13)10-4-8(10)9-5-12(25-26-3-2-21-14(9)26)11-6-23-17(28)24-15(11)27/h2-3,5-8,10H,4H2,1H3,(H2,23,24,27,28)/t8-,10+/m1/s1. The zero-order chi connectivity index (χ0) is 20.3. The minimum atomic E-state index is -2.91. The highest BCUT2D eigenvalue weighted by Crippen LogP contribution is 2.56. The van der Waals surface area contributed by atoms with Gasteiger partial charge in [0, 0.05) is 43.2 Å². The van der Waals surface area contributed by atoms with E-state index in [1.165, 1.54) is 12.4 Å². The highest BCUT2D eigenvalue weighted by atomic mass is 32.1. The maximum Gasteiger partial charge on any atom is 0.325 e. The molecule has 4 heterocycles. The minimum Gasteiger partial charge on any atom is -0.313 e. The van der Waals surface area contributed by atoms with Gasteiger partial charge in [-0.1, -0.05) is 0 Å². The Balaban J connectivity index is 1.56. The Labute approximate surface area is 165 Å². The quantitative estimate of drug-likeness (QED) is 0.532. The number of thiazole rings is 1. The van der Waals surface area contributed by atoms with E-state index in [1.54, 1.807) is 23.0 Å². The molecule has 5 rings (SSSR count). The smallest absolute Gasteiger partial charge is 0.313 e. The fourth-order valence-corrected chi connectivity index (χ4v) is 4.45. The molecule has 0 aliphatic heterocycles. The van der Waals surface area contributed by atoms with E-state index >= 15 is 0 Å². The van der Waals surface area contributed by atoms with E-state index in [9.17, 15) is 18.4 Å². The number of H-pyrrole nitrogens is 2. The number of fused-ring (bicyclic) bond motifs is 1. The van der Waals surface area contributed by atoms with E-state index in [1.807, 2.05) is 0 Å². The molecular weight excluding hydrogens is 402 g/mol. The van der Waals surface area contributed by atoms with Crippen LogP contribution >= 0.6 is 11.3 Å². The summed E-state index contributed by atoms with van der Waals surface area (Å²) in [4.78, 5) is 36.6. The van der Waals surface area contributed by atoms with Crippen LogP contribution in [0.1, 0.15) is 40.6 Å². The maximum absolute atomic E-state index is 13.5. The van der Waals surface area contributed by atoms with E-state index in [4.69, 9.17) is 0 Å². The Morgan fingerprint density at radius 2 is 2.10 bits per heavy atom. The van der Waals surface area contributed by atoms with Crippen molar-refractivity contribution >= 4 is 17.0 Å². The van der Waals surface area contributed by atoms with E-state index in [0.717, 1.165) is 30.2 Å². The number of alkyl halides is 2. The van der Waals surface area contributed by atoms with E-state index < -0.39 is 17.2 Å². The molecule has 1 aliphatic rings. The summed E-state index contributed by atoms with van der Waals surface area (Å²) in [5.74, 6) is -2.86. The van der Waals surface area contributed by atoms with Crippen molar-refractivity contribution in [2.45, 2.75) is 31.1 Å². The van der Waals surface area contributed by atoms with Crippen LogP contribution in [-0.4, -0.2) is 29.5 Å². The van der Waals surface area contributed by atoms with E-state index in [0.29, 0.717) is 16.3 Å². The lowest BCUT2D eigenvalue weighted by Crippen LogP contribution is -2.23. The Bertz CT molecular complexity index is 1350. The molecule has 4 aromatic heterocycles. The molecule has 2 atom stereocenters. The molecule has 8 nitrogen and oxygen atoms in total. The van der Waals surface area contributed by atoms with Crippen molar-refractivity contribution in [1.82, 2.24) is 29.5 Å². The highest BCUT2D eigenvalue weighted by Gasteiger charge is 2.44. The molecule has 0 radical (unpaired) electrons. The van der Waals surface area contributed by atoms with Crippen LogP contribution in [-0.2, 0) is 5.92 Å². The van der Waals surface area contributed by atoms with Crippen LogP contribution in [0.25, 0.3) is 16.9 Å². The summed E-state index contributed by atoms with van der Waals surface area (Å²) in [6.07, 6.45) is 6.56. The predicted molar refractivity (Wildman–Crippen MR) is 101 cm³/mol. The second-order valence-electron chi connectivity index (χ2n) is 7.07. The molecule has 0 spiro atoms. The normalized spacial score (nSPS) is 19.0. The van der Waals surface area contributed by atoms with Gasteiger partial charge in [-0.25, -0.2) is 28.1 Å². The number of rotatable bonds is 4. The van der Waals surface area contributed by atoms with E-state index in [-0.39, 0.29) is 22.3 Å². The van der Waals surface area contributed by atoms with Crippen LogP contribution in [0, 0.1) is 0 Å². The van der Waals surface area contributed by atoms with Gasteiger partial charge in [0.15, 0.2) is 5.65 Å². The average molecular weight is 416 g/mol. The van der Waals surface area contributed by atoms with Crippen LogP contribution in [0.5, 0.6) is 0 Å². The zero-order valence-corrected chi connectivity index (χ0v) is 15.8. The number of aromatic amines is 2. The topological polar surface area (TPSA) is 109 Å². The van der Waals surface area contributed by atoms with Crippen LogP contribution in [0.4, 0.5) is 8.78 Å². The van der Waals surface area contributed by atoms with Crippen LogP contribution in [0.15, 0.2) is 40.4 Å². The van der Waals surface area contributed by atoms with Gasteiger partial charge in [-0.05, 0) is 18.4 Å². The fourth-order valence-electron chi connectivity index (χ4n) is 3.42. The molecule has 2 N–H and O–H groups in total. The molecule has 0 unspecified atom stereocenters. The summed E-state index contributed by atoms with van der Waals surface area (Å²) in [6, 6.07) is 1.76. The molecule has 29 heavy (non-hydrogen) atoms. The summed E-state index contributed by atoms with van der Waals surface area (Å²) >= 11 is 1.02. The molecule has 148 valence electrons. The number of hydrogen-bond donors (Lipinski definition) is 2. The van der Waals surface area contributed by atoms with Gasteiger partial charge in [0.25, 0.3) is 11.5 Å². The second-order valence-corrected chi connectivity index (χ2v) is 8.13. The minimum absolute atomic E-state index is 0.0146. The third-order valence-corrected chi connectivity index (χ3v) is 6.25. The number of nitrogens with one attached hydrogen (secondary N) is 2. The lowest BCUT2D eigenvalue weighted by atomic mass is 10.1. The van der Waals surface area contributed by atoms with Gasteiger partial charge in [0.05, 0.1) is 21.1 Å². The van der Waals surface area contributed by atoms with Gasteiger partial charge in [0.2, 0.25) is 0 Å². The molecule has 11 heteroatoms. The van der Waals surface area contributed by atoms with Crippen molar-refractivity contribution in [3.63, 3.8) is 0 Å². The van der Waals surface area contributed by atoms with Crippen LogP contribution < -0.4 is 11.2 Å². The molecule has 4 aromatic rings. The van der Waals surface area contributed by atoms with E-state index in [2.05, 4.69) is 25.0 Å². The number of hydrogen-bond acceptors (Lipinski definition) is 6. The van der Waals surface area contributed by atoms with Gasteiger partial charge in [-0.2, -0.15) is 5.10 Å². The number of aromatic nitrogens is 6. The Morgan fingerprint density at radius 3 is 2.83 bits per heavy atom. The van der Waals surface area contributed by atoms with Crippen molar-refractivity contribution in [3.8, 4) is 11.3 Å². The lowest BCUT2D eigenvalue weighted by Gasteiger charge is -2.07.